The molecule has 1 aromatic heterocycles. The summed E-state index contributed by atoms with van der Waals surface area (Å²) in [5, 5.41) is 3.06. The summed E-state index contributed by atoms with van der Waals surface area (Å²) in [6.07, 6.45) is 7.47. The molecular weight excluding hydrogens is 356 g/mol. The molecule has 2 saturated heterocycles. The highest BCUT2D eigenvalue weighted by molar-refractivity contribution is 5.79. The molecule has 1 N–H and O–H groups in total. The molecule has 1 aromatic rings. The average Bonchev–Trinajstić information content (AvgIpc) is 2.76. The first kappa shape index (κ1) is 20.7. The number of likely N-dealkylation sites (tertiary alicyclic amines) is 2. The van der Waals surface area contributed by atoms with Crippen molar-refractivity contribution in [1.29, 1.82) is 0 Å². The van der Waals surface area contributed by atoms with Crippen molar-refractivity contribution in [2.24, 2.45) is 5.92 Å². The maximum absolute atomic E-state index is 12.6. The monoisotopic (exact) mass is 388 g/mol. The van der Waals surface area contributed by atoms with Crippen LogP contribution < -0.4 is 5.32 Å². The molecule has 3 rings (SSSR count). The third-order valence-electron chi connectivity index (χ3n) is 5.78. The summed E-state index contributed by atoms with van der Waals surface area (Å²) in [6.45, 7) is 6.61. The molecule has 3 heterocycles. The molecule has 2 fully saturated rings. The van der Waals surface area contributed by atoms with Crippen molar-refractivity contribution in [2.75, 3.05) is 39.4 Å². The maximum Gasteiger partial charge on any atom is 0.248 e. The van der Waals surface area contributed by atoms with Crippen LogP contribution >= 0.6 is 0 Å². The van der Waals surface area contributed by atoms with E-state index in [1.165, 1.54) is 0 Å². The number of aromatic nitrogens is 1. The normalized spacial score (nSPS) is 21.5. The molecule has 1 unspecified atom stereocenters. The molecule has 154 valence electrons. The Labute approximate surface area is 167 Å². The molecule has 0 aromatic carbocycles. The summed E-state index contributed by atoms with van der Waals surface area (Å²) in [6, 6.07) is 4.32. The van der Waals surface area contributed by atoms with Gasteiger partial charge in [0.25, 0.3) is 0 Å². The van der Waals surface area contributed by atoms with Crippen LogP contribution in [0.5, 0.6) is 0 Å². The summed E-state index contributed by atoms with van der Waals surface area (Å²) in [4.78, 5) is 33.2. The number of carbonyl (C=O) groups is 2. The number of hydrogen-bond acceptors (Lipinski definition) is 5. The first-order valence-electron chi connectivity index (χ1n) is 10.4. The van der Waals surface area contributed by atoms with Gasteiger partial charge in [0, 0.05) is 51.2 Å². The number of nitrogens with one attached hydrogen (secondary N) is 1. The van der Waals surface area contributed by atoms with Gasteiger partial charge in [0.05, 0.1) is 5.92 Å². The van der Waals surface area contributed by atoms with Crippen LogP contribution in [-0.2, 0) is 20.9 Å². The van der Waals surface area contributed by atoms with Gasteiger partial charge >= 0.3 is 0 Å². The van der Waals surface area contributed by atoms with Gasteiger partial charge in [-0.3, -0.25) is 19.5 Å². The van der Waals surface area contributed by atoms with Gasteiger partial charge in [0.15, 0.2) is 0 Å². The Morgan fingerprint density at radius 2 is 2.07 bits per heavy atom. The summed E-state index contributed by atoms with van der Waals surface area (Å²) < 4.78 is 5.24. The predicted octanol–water partition coefficient (Wildman–Crippen LogP) is 1.44. The van der Waals surface area contributed by atoms with Crippen LogP contribution in [0.15, 0.2) is 24.5 Å². The Balaban J connectivity index is 1.43. The number of piperidine rings is 2. The molecule has 2 aliphatic heterocycles. The Bertz CT molecular complexity index is 632. The molecule has 2 aliphatic rings. The molecule has 0 aliphatic carbocycles. The van der Waals surface area contributed by atoms with Crippen LogP contribution in [-0.4, -0.2) is 72.0 Å². The van der Waals surface area contributed by atoms with E-state index in [2.05, 4.69) is 15.2 Å². The quantitative estimate of drug-likeness (QED) is 0.765. The third-order valence-corrected chi connectivity index (χ3v) is 5.78. The van der Waals surface area contributed by atoms with Gasteiger partial charge < -0.3 is 15.0 Å². The Morgan fingerprint density at radius 1 is 1.25 bits per heavy atom. The lowest BCUT2D eigenvalue weighted by Crippen LogP contribution is -2.51. The van der Waals surface area contributed by atoms with Crippen molar-refractivity contribution in [2.45, 2.75) is 45.2 Å². The highest BCUT2D eigenvalue weighted by atomic mass is 16.5. The highest BCUT2D eigenvalue weighted by Gasteiger charge is 2.32. The van der Waals surface area contributed by atoms with Gasteiger partial charge in [-0.1, -0.05) is 6.07 Å². The topological polar surface area (TPSA) is 74.8 Å². The first-order chi connectivity index (χ1) is 13.7. The zero-order valence-corrected chi connectivity index (χ0v) is 16.8. The highest BCUT2D eigenvalue weighted by Crippen LogP contribution is 2.24. The van der Waals surface area contributed by atoms with Crippen LogP contribution in [0, 0.1) is 5.92 Å². The summed E-state index contributed by atoms with van der Waals surface area (Å²) >= 11 is 0. The number of rotatable bonds is 7. The van der Waals surface area contributed by atoms with E-state index in [0.29, 0.717) is 19.2 Å². The lowest BCUT2D eigenvalue weighted by atomic mass is 9.93. The summed E-state index contributed by atoms with van der Waals surface area (Å²) in [5.41, 5.74) is 1.02. The molecule has 0 spiro atoms. The average molecular weight is 389 g/mol. The first-order valence-corrected chi connectivity index (χ1v) is 10.4. The van der Waals surface area contributed by atoms with Crippen molar-refractivity contribution >= 4 is 11.8 Å². The van der Waals surface area contributed by atoms with Gasteiger partial charge in [-0.2, -0.15) is 0 Å². The molecular formula is C21H32N4O3. The maximum atomic E-state index is 12.6. The van der Waals surface area contributed by atoms with E-state index in [-0.39, 0.29) is 24.3 Å². The van der Waals surface area contributed by atoms with Crippen LogP contribution in [0.2, 0.25) is 0 Å². The minimum absolute atomic E-state index is 0.0445. The second-order valence-corrected chi connectivity index (χ2v) is 7.66. The number of pyridine rings is 1. The minimum atomic E-state index is 0.0445. The predicted molar refractivity (Wildman–Crippen MR) is 106 cm³/mol. The van der Waals surface area contributed by atoms with E-state index in [9.17, 15) is 9.59 Å². The van der Waals surface area contributed by atoms with E-state index in [4.69, 9.17) is 4.74 Å². The molecule has 0 bridgehead atoms. The molecule has 0 radical (unpaired) electrons. The number of carbonyl (C=O) groups excluding carboxylic acids is 2. The molecule has 0 saturated carbocycles. The summed E-state index contributed by atoms with van der Waals surface area (Å²) in [7, 11) is 0. The Morgan fingerprint density at radius 3 is 2.79 bits per heavy atom. The number of nitrogens with zero attached hydrogens (tertiary/aromatic N) is 3. The van der Waals surface area contributed by atoms with Crippen molar-refractivity contribution in [3.63, 3.8) is 0 Å². The Hall–Kier alpha value is -1.99. The van der Waals surface area contributed by atoms with Gasteiger partial charge in [-0.25, -0.2) is 0 Å². The van der Waals surface area contributed by atoms with Gasteiger partial charge in [0.2, 0.25) is 11.8 Å². The molecule has 7 nitrogen and oxygen atoms in total. The fourth-order valence-electron chi connectivity index (χ4n) is 4.15. The SMILES string of the molecule is CCOCC(=O)N1CCC(N2CCCC(C(=O)NCc3cccnc3)C2)CC1. The van der Waals surface area contributed by atoms with E-state index in [0.717, 1.165) is 57.4 Å². The van der Waals surface area contributed by atoms with Crippen molar-refractivity contribution in [3.05, 3.63) is 30.1 Å². The third kappa shape index (κ3) is 5.75. The summed E-state index contributed by atoms with van der Waals surface area (Å²) in [5.74, 6) is 0.271. The van der Waals surface area contributed by atoms with Crippen molar-refractivity contribution in [3.8, 4) is 0 Å². The lowest BCUT2D eigenvalue weighted by molar-refractivity contribution is -0.137. The zero-order chi connectivity index (χ0) is 19.8. The van der Waals surface area contributed by atoms with Crippen LogP contribution in [0.25, 0.3) is 0 Å². The second kappa shape index (κ2) is 10.5. The van der Waals surface area contributed by atoms with Crippen LogP contribution in [0.3, 0.4) is 0 Å². The fraction of sp³-hybridized carbons (Fsp3) is 0.667. The van der Waals surface area contributed by atoms with Crippen molar-refractivity contribution < 1.29 is 14.3 Å². The smallest absolute Gasteiger partial charge is 0.248 e. The van der Waals surface area contributed by atoms with Crippen LogP contribution in [0.1, 0.15) is 38.2 Å². The zero-order valence-electron chi connectivity index (χ0n) is 16.8. The molecule has 28 heavy (non-hydrogen) atoms. The van der Waals surface area contributed by atoms with Gasteiger partial charge in [-0.15, -0.1) is 0 Å². The number of amides is 2. The fourth-order valence-corrected chi connectivity index (χ4v) is 4.15. The van der Waals surface area contributed by atoms with Crippen molar-refractivity contribution in [1.82, 2.24) is 20.1 Å². The lowest BCUT2D eigenvalue weighted by Gasteiger charge is -2.42. The van der Waals surface area contributed by atoms with Gasteiger partial charge in [0.1, 0.15) is 6.61 Å². The molecule has 7 heteroatoms. The van der Waals surface area contributed by atoms with E-state index < -0.39 is 0 Å². The Kier molecular flexibility index (Phi) is 7.80. The number of hydrogen-bond donors (Lipinski definition) is 1. The van der Waals surface area contributed by atoms with E-state index >= 15 is 0 Å². The second-order valence-electron chi connectivity index (χ2n) is 7.66. The number of ether oxygens (including phenoxy) is 1. The van der Waals surface area contributed by atoms with Crippen LogP contribution in [0.4, 0.5) is 0 Å². The van der Waals surface area contributed by atoms with E-state index in [1.54, 1.807) is 12.4 Å². The molecule has 2 amide bonds. The standard InChI is InChI=1S/C21H32N4O3/c1-2-28-16-20(26)24-11-7-19(8-12-24)25-10-4-6-18(15-25)21(27)23-14-17-5-3-9-22-13-17/h3,5,9,13,18-19H,2,4,6-8,10-12,14-16H2,1H3,(H,23,27). The van der Waals surface area contributed by atoms with E-state index in [1.807, 2.05) is 24.0 Å². The minimum Gasteiger partial charge on any atom is -0.372 e. The largest absolute Gasteiger partial charge is 0.372 e. The molecule has 1 atom stereocenters. The van der Waals surface area contributed by atoms with Gasteiger partial charge in [-0.05, 0) is 50.8 Å².